The fraction of sp³-hybridized carbons (Fsp3) is 0.300. The van der Waals surface area contributed by atoms with Crippen molar-refractivity contribution in [2.24, 2.45) is 0 Å². The van der Waals surface area contributed by atoms with Crippen molar-refractivity contribution in [2.75, 3.05) is 0 Å². The Morgan fingerprint density at radius 1 is 1.07 bits per heavy atom. The highest BCUT2D eigenvalue weighted by Gasteiger charge is 2.41. The molecule has 2 atom stereocenters. The van der Waals surface area contributed by atoms with Crippen LogP contribution in [0.15, 0.2) is 54.6 Å². The first kappa shape index (κ1) is 18.8. The molecule has 1 saturated heterocycles. The van der Waals surface area contributed by atoms with Crippen LogP contribution in [0.25, 0.3) is 0 Å². The van der Waals surface area contributed by atoms with Gasteiger partial charge in [-0.25, -0.2) is 4.79 Å². The third-order valence-corrected chi connectivity index (χ3v) is 4.67. The molecule has 0 spiro atoms. The van der Waals surface area contributed by atoms with Crippen LogP contribution in [0.2, 0.25) is 0 Å². The van der Waals surface area contributed by atoms with Gasteiger partial charge in [-0.15, -0.1) is 0 Å². The van der Waals surface area contributed by atoms with Crippen LogP contribution in [0.4, 0.5) is 8.78 Å². The number of alkyl halides is 2. The molecule has 0 bridgehead atoms. The topological polar surface area (TPSA) is 66.8 Å². The summed E-state index contributed by atoms with van der Waals surface area (Å²) in [6, 6.07) is 14.0. The zero-order valence-corrected chi connectivity index (χ0v) is 14.4. The molecule has 0 radical (unpaired) electrons. The summed E-state index contributed by atoms with van der Waals surface area (Å²) in [7, 11) is 0. The highest BCUT2D eigenvalue weighted by Crippen LogP contribution is 2.37. The van der Waals surface area contributed by atoms with Crippen LogP contribution >= 0.6 is 0 Å². The standard InChI is InChI=1S/C20H19F2NO4/c21-20(22)27-17-9-5-4-8-14(17)12-18(24)23-15(10-11-16(23)19(25)26)13-6-2-1-3-7-13/h1-9,15-16,20H,10-12H2,(H,25,26)/t15-,16?/m0/s1. The van der Waals surface area contributed by atoms with E-state index in [0.717, 1.165) is 5.56 Å². The molecule has 2 aromatic carbocycles. The van der Waals surface area contributed by atoms with E-state index >= 15 is 0 Å². The molecule has 142 valence electrons. The molecule has 7 heteroatoms. The molecule has 1 heterocycles. The van der Waals surface area contributed by atoms with Gasteiger partial charge in [0.25, 0.3) is 0 Å². The molecule has 1 unspecified atom stereocenters. The van der Waals surface area contributed by atoms with Gasteiger partial charge < -0.3 is 14.7 Å². The van der Waals surface area contributed by atoms with Crippen molar-refractivity contribution in [3.8, 4) is 5.75 Å². The lowest BCUT2D eigenvalue weighted by atomic mass is 10.0. The summed E-state index contributed by atoms with van der Waals surface area (Å²) >= 11 is 0. The number of hydrogen-bond acceptors (Lipinski definition) is 3. The van der Waals surface area contributed by atoms with E-state index in [-0.39, 0.29) is 18.2 Å². The Bertz CT molecular complexity index is 813. The molecule has 27 heavy (non-hydrogen) atoms. The Morgan fingerprint density at radius 2 is 1.74 bits per heavy atom. The molecule has 3 rings (SSSR count). The maximum Gasteiger partial charge on any atom is 0.387 e. The first-order valence-electron chi connectivity index (χ1n) is 8.59. The molecule has 1 fully saturated rings. The van der Waals surface area contributed by atoms with Crippen LogP contribution in [0, 0.1) is 0 Å². The lowest BCUT2D eigenvalue weighted by Gasteiger charge is -2.29. The number of carbonyl (C=O) groups is 2. The Balaban J connectivity index is 1.87. The Morgan fingerprint density at radius 3 is 2.41 bits per heavy atom. The Hall–Kier alpha value is -2.96. The first-order valence-corrected chi connectivity index (χ1v) is 8.59. The van der Waals surface area contributed by atoms with Gasteiger partial charge in [-0.3, -0.25) is 4.79 Å². The number of carbonyl (C=O) groups excluding carboxylic acids is 1. The quantitative estimate of drug-likeness (QED) is 0.837. The van der Waals surface area contributed by atoms with Crippen molar-refractivity contribution in [3.63, 3.8) is 0 Å². The Labute approximate surface area is 155 Å². The third kappa shape index (κ3) is 4.24. The van der Waals surface area contributed by atoms with E-state index in [1.54, 1.807) is 6.07 Å². The highest BCUT2D eigenvalue weighted by atomic mass is 19.3. The number of carboxylic acids is 1. The lowest BCUT2D eigenvalue weighted by molar-refractivity contribution is -0.149. The second-order valence-electron chi connectivity index (χ2n) is 6.32. The smallest absolute Gasteiger partial charge is 0.387 e. The predicted octanol–water partition coefficient (Wildman–Crippen LogP) is 3.65. The van der Waals surface area contributed by atoms with E-state index in [1.165, 1.54) is 23.1 Å². The van der Waals surface area contributed by atoms with Crippen LogP contribution in [0.1, 0.15) is 30.0 Å². The molecular weight excluding hydrogens is 356 g/mol. The molecule has 0 aliphatic carbocycles. The van der Waals surface area contributed by atoms with Gasteiger partial charge in [0.2, 0.25) is 5.91 Å². The van der Waals surface area contributed by atoms with Crippen molar-refractivity contribution in [1.82, 2.24) is 4.90 Å². The zero-order valence-electron chi connectivity index (χ0n) is 14.4. The molecule has 2 aromatic rings. The monoisotopic (exact) mass is 375 g/mol. The minimum absolute atomic E-state index is 0.0804. The maximum absolute atomic E-state index is 13.0. The molecule has 5 nitrogen and oxygen atoms in total. The SMILES string of the molecule is O=C(O)C1CC[C@@H](c2ccccc2)N1C(=O)Cc1ccccc1OC(F)F. The number of para-hydroxylation sites is 1. The predicted molar refractivity (Wildman–Crippen MR) is 93.5 cm³/mol. The number of benzene rings is 2. The van der Waals surface area contributed by atoms with Gasteiger partial charge in [0.1, 0.15) is 11.8 Å². The summed E-state index contributed by atoms with van der Waals surface area (Å²) in [6.45, 7) is -3.00. The number of ether oxygens (including phenoxy) is 1. The van der Waals surface area contributed by atoms with E-state index in [1.807, 2.05) is 30.3 Å². The zero-order chi connectivity index (χ0) is 19.4. The van der Waals surface area contributed by atoms with Gasteiger partial charge in [-0.1, -0.05) is 48.5 Å². The first-order chi connectivity index (χ1) is 13.0. The van der Waals surface area contributed by atoms with Crippen molar-refractivity contribution < 1.29 is 28.2 Å². The van der Waals surface area contributed by atoms with Crippen molar-refractivity contribution in [3.05, 3.63) is 65.7 Å². The third-order valence-electron chi connectivity index (χ3n) is 4.67. The van der Waals surface area contributed by atoms with Crippen molar-refractivity contribution in [2.45, 2.75) is 38.0 Å². The van der Waals surface area contributed by atoms with Gasteiger partial charge in [0.15, 0.2) is 0 Å². The second kappa shape index (κ2) is 8.16. The van der Waals surface area contributed by atoms with Crippen molar-refractivity contribution >= 4 is 11.9 Å². The molecule has 1 N–H and O–H groups in total. The highest BCUT2D eigenvalue weighted by molar-refractivity contribution is 5.86. The summed E-state index contributed by atoms with van der Waals surface area (Å²) in [5.41, 5.74) is 1.15. The molecule has 1 aliphatic heterocycles. The number of amides is 1. The van der Waals surface area contributed by atoms with Crippen LogP contribution in [0.3, 0.4) is 0 Å². The number of aliphatic carboxylic acids is 1. The van der Waals surface area contributed by atoms with Gasteiger partial charge in [0, 0.05) is 5.56 Å². The number of hydrogen-bond donors (Lipinski definition) is 1. The molecule has 0 saturated carbocycles. The number of nitrogens with zero attached hydrogens (tertiary/aromatic N) is 1. The number of halogens is 2. The molecule has 1 aliphatic rings. The summed E-state index contributed by atoms with van der Waals surface area (Å²) < 4.78 is 29.7. The minimum Gasteiger partial charge on any atom is -0.480 e. The van der Waals surface area contributed by atoms with Gasteiger partial charge in [-0.05, 0) is 24.5 Å². The summed E-state index contributed by atoms with van der Waals surface area (Å²) in [5.74, 6) is -1.58. The van der Waals surface area contributed by atoms with E-state index in [4.69, 9.17) is 0 Å². The fourth-order valence-corrected chi connectivity index (χ4v) is 3.52. The van der Waals surface area contributed by atoms with E-state index in [0.29, 0.717) is 18.4 Å². The van der Waals surface area contributed by atoms with Gasteiger partial charge in [-0.2, -0.15) is 8.78 Å². The average Bonchev–Trinajstić information content (AvgIpc) is 3.09. The number of carboxylic acid groups (broad SMARTS) is 1. The van der Waals surface area contributed by atoms with E-state index in [2.05, 4.69) is 4.74 Å². The van der Waals surface area contributed by atoms with Crippen LogP contribution in [-0.4, -0.2) is 34.5 Å². The normalized spacial score (nSPS) is 19.3. The average molecular weight is 375 g/mol. The molecule has 1 amide bonds. The lowest BCUT2D eigenvalue weighted by Crippen LogP contribution is -2.42. The summed E-state index contributed by atoms with van der Waals surface area (Å²) in [6.07, 6.45) is 0.660. The van der Waals surface area contributed by atoms with E-state index in [9.17, 15) is 23.5 Å². The molecule has 0 aromatic heterocycles. The van der Waals surface area contributed by atoms with Crippen LogP contribution in [-0.2, 0) is 16.0 Å². The maximum atomic E-state index is 13.0. The van der Waals surface area contributed by atoms with Crippen molar-refractivity contribution in [1.29, 1.82) is 0 Å². The van der Waals surface area contributed by atoms with Crippen LogP contribution < -0.4 is 4.74 Å². The second-order valence-corrected chi connectivity index (χ2v) is 6.32. The van der Waals surface area contributed by atoms with Gasteiger partial charge in [0.05, 0.1) is 12.5 Å². The fourth-order valence-electron chi connectivity index (χ4n) is 3.52. The van der Waals surface area contributed by atoms with Gasteiger partial charge >= 0.3 is 12.6 Å². The summed E-state index contributed by atoms with van der Waals surface area (Å²) in [5, 5.41) is 9.52. The Kier molecular flexibility index (Phi) is 5.69. The van der Waals surface area contributed by atoms with Crippen LogP contribution in [0.5, 0.6) is 5.75 Å². The van der Waals surface area contributed by atoms with E-state index < -0.39 is 24.5 Å². The number of rotatable bonds is 6. The largest absolute Gasteiger partial charge is 0.480 e. The number of likely N-dealkylation sites (tertiary alicyclic amines) is 1. The minimum atomic E-state index is -3.00. The summed E-state index contributed by atoms with van der Waals surface area (Å²) in [4.78, 5) is 26.0. The molecular formula is C20H19F2NO4.